The molecule has 1 saturated heterocycles. The van der Waals surface area contributed by atoms with E-state index in [-0.39, 0.29) is 22.6 Å². The molecular weight excluding hydrogens is 422 g/mol. The zero-order valence-corrected chi connectivity index (χ0v) is 16.8. The van der Waals surface area contributed by atoms with Gasteiger partial charge in [0.2, 0.25) is 0 Å². The number of rotatable bonds is 4. The van der Waals surface area contributed by atoms with E-state index >= 15 is 0 Å². The molecule has 0 spiro atoms. The van der Waals surface area contributed by atoms with E-state index in [0.29, 0.717) is 30.5 Å². The van der Waals surface area contributed by atoms with Gasteiger partial charge in [0.25, 0.3) is 11.5 Å². The minimum atomic E-state index is -0.304. The molecule has 2 heterocycles. The van der Waals surface area contributed by atoms with Crippen molar-refractivity contribution in [3.8, 4) is 0 Å². The molecule has 0 aliphatic carbocycles. The highest BCUT2D eigenvalue weighted by molar-refractivity contribution is 9.10. The maximum absolute atomic E-state index is 12.9. The Hall–Kier alpha value is -2.51. The Kier molecular flexibility index (Phi) is 5.28. The van der Waals surface area contributed by atoms with Crippen LogP contribution in [0.3, 0.4) is 0 Å². The number of benzene rings is 2. The first-order valence-electron chi connectivity index (χ1n) is 9.18. The second-order valence-corrected chi connectivity index (χ2v) is 7.95. The Labute approximate surface area is 170 Å². The van der Waals surface area contributed by atoms with Gasteiger partial charge in [0.1, 0.15) is 0 Å². The SMILES string of the molecule is O=C(NCC1(c2cccc(Br)c2)CCOCC1)c1n[nH]c(=O)c2ccccc12. The van der Waals surface area contributed by atoms with Gasteiger partial charge in [0, 0.05) is 35.0 Å². The van der Waals surface area contributed by atoms with Crippen molar-refractivity contribution in [1.82, 2.24) is 15.5 Å². The Morgan fingerprint density at radius 1 is 1.14 bits per heavy atom. The first kappa shape index (κ1) is 18.8. The number of carbonyl (C=O) groups excluding carboxylic acids is 1. The van der Waals surface area contributed by atoms with Crippen LogP contribution < -0.4 is 10.9 Å². The average Bonchev–Trinajstić information content (AvgIpc) is 2.73. The lowest BCUT2D eigenvalue weighted by molar-refractivity contribution is 0.0486. The van der Waals surface area contributed by atoms with E-state index in [1.807, 2.05) is 12.1 Å². The molecule has 0 unspecified atom stereocenters. The molecule has 4 rings (SSSR count). The van der Waals surface area contributed by atoms with E-state index in [4.69, 9.17) is 4.74 Å². The number of ether oxygens (including phenoxy) is 1. The van der Waals surface area contributed by atoms with Gasteiger partial charge in [-0.3, -0.25) is 9.59 Å². The summed E-state index contributed by atoms with van der Waals surface area (Å²) in [6.45, 7) is 1.78. The van der Waals surface area contributed by atoms with Crippen molar-refractivity contribution in [2.24, 2.45) is 0 Å². The number of hydrogen-bond donors (Lipinski definition) is 2. The Morgan fingerprint density at radius 2 is 1.89 bits per heavy atom. The number of amides is 1. The fourth-order valence-corrected chi connectivity index (χ4v) is 4.17. The van der Waals surface area contributed by atoms with Gasteiger partial charge in [-0.15, -0.1) is 0 Å². The predicted octanol–water partition coefficient (Wildman–Crippen LogP) is 3.16. The van der Waals surface area contributed by atoms with Crippen LogP contribution in [-0.4, -0.2) is 35.9 Å². The predicted molar refractivity (Wildman–Crippen MR) is 111 cm³/mol. The highest BCUT2D eigenvalue weighted by Crippen LogP contribution is 2.35. The summed E-state index contributed by atoms with van der Waals surface area (Å²) in [5, 5.41) is 10.5. The van der Waals surface area contributed by atoms with Crippen LogP contribution in [0.15, 0.2) is 57.8 Å². The molecule has 0 saturated carbocycles. The van der Waals surface area contributed by atoms with Crippen LogP contribution in [-0.2, 0) is 10.2 Å². The maximum Gasteiger partial charge on any atom is 0.272 e. The number of aromatic nitrogens is 2. The van der Waals surface area contributed by atoms with E-state index in [0.717, 1.165) is 17.3 Å². The number of carbonyl (C=O) groups is 1. The van der Waals surface area contributed by atoms with E-state index in [9.17, 15) is 9.59 Å². The third kappa shape index (κ3) is 3.59. The number of halogens is 1. The maximum atomic E-state index is 12.9. The van der Waals surface area contributed by atoms with Crippen LogP contribution in [0.25, 0.3) is 10.8 Å². The molecule has 1 aromatic heterocycles. The van der Waals surface area contributed by atoms with Crippen molar-refractivity contribution in [2.45, 2.75) is 18.3 Å². The molecule has 0 bridgehead atoms. The normalized spacial score (nSPS) is 16.0. The van der Waals surface area contributed by atoms with Crippen LogP contribution >= 0.6 is 15.9 Å². The van der Waals surface area contributed by atoms with Gasteiger partial charge in [0.05, 0.1) is 5.39 Å². The van der Waals surface area contributed by atoms with Crippen molar-refractivity contribution in [2.75, 3.05) is 19.8 Å². The summed E-state index contributed by atoms with van der Waals surface area (Å²) in [7, 11) is 0. The summed E-state index contributed by atoms with van der Waals surface area (Å²) in [4.78, 5) is 24.9. The van der Waals surface area contributed by atoms with E-state index in [1.165, 1.54) is 5.56 Å². The van der Waals surface area contributed by atoms with Gasteiger partial charge in [-0.25, -0.2) is 5.10 Å². The van der Waals surface area contributed by atoms with Crippen LogP contribution in [0.2, 0.25) is 0 Å². The first-order valence-corrected chi connectivity index (χ1v) is 9.98. The fraction of sp³-hybridized carbons (Fsp3) is 0.286. The number of hydrogen-bond acceptors (Lipinski definition) is 4. The summed E-state index contributed by atoms with van der Waals surface area (Å²) in [6, 6.07) is 15.2. The average molecular weight is 442 g/mol. The third-order valence-electron chi connectivity index (χ3n) is 5.39. The molecule has 1 aliphatic rings. The van der Waals surface area contributed by atoms with Crippen molar-refractivity contribution < 1.29 is 9.53 Å². The van der Waals surface area contributed by atoms with Crippen molar-refractivity contribution in [3.63, 3.8) is 0 Å². The van der Waals surface area contributed by atoms with Crippen LogP contribution in [0.5, 0.6) is 0 Å². The smallest absolute Gasteiger partial charge is 0.272 e. The molecule has 2 aromatic carbocycles. The molecule has 1 aliphatic heterocycles. The molecule has 3 aromatic rings. The molecular formula is C21H20BrN3O3. The largest absolute Gasteiger partial charge is 0.381 e. The van der Waals surface area contributed by atoms with Crippen molar-refractivity contribution in [1.29, 1.82) is 0 Å². The molecule has 1 amide bonds. The van der Waals surface area contributed by atoms with Crippen LogP contribution in [0.1, 0.15) is 28.9 Å². The Morgan fingerprint density at radius 3 is 2.64 bits per heavy atom. The third-order valence-corrected chi connectivity index (χ3v) is 5.88. The summed E-state index contributed by atoms with van der Waals surface area (Å²) in [6.07, 6.45) is 1.65. The van der Waals surface area contributed by atoms with Crippen molar-refractivity contribution in [3.05, 3.63) is 74.6 Å². The summed E-state index contributed by atoms with van der Waals surface area (Å²) in [5.41, 5.74) is 0.897. The van der Waals surface area contributed by atoms with Gasteiger partial charge in [-0.2, -0.15) is 5.10 Å². The Balaban J connectivity index is 1.62. The number of nitrogens with zero attached hydrogens (tertiary/aromatic N) is 1. The monoisotopic (exact) mass is 441 g/mol. The standard InChI is InChI=1S/C21H20BrN3O3/c22-15-5-3-4-14(12-15)21(8-10-28-11-9-21)13-23-20(27)18-16-6-1-2-7-17(16)19(26)25-24-18/h1-7,12H,8-11,13H2,(H,23,27)(H,25,26). The molecule has 28 heavy (non-hydrogen) atoms. The summed E-state index contributed by atoms with van der Waals surface area (Å²) >= 11 is 3.54. The van der Waals surface area contributed by atoms with Crippen molar-refractivity contribution >= 4 is 32.6 Å². The fourth-order valence-electron chi connectivity index (χ4n) is 3.77. The number of fused-ring (bicyclic) bond motifs is 1. The number of nitrogens with one attached hydrogen (secondary N) is 2. The minimum Gasteiger partial charge on any atom is -0.381 e. The Bertz CT molecular complexity index is 1070. The lowest BCUT2D eigenvalue weighted by Gasteiger charge is -2.38. The highest BCUT2D eigenvalue weighted by Gasteiger charge is 2.35. The molecule has 0 radical (unpaired) electrons. The second kappa shape index (κ2) is 7.85. The number of H-pyrrole nitrogens is 1. The quantitative estimate of drug-likeness (QED) is 0.650. The zero-order valence-electron chi connectivity index (χ0n) is 15.2. The van der Waals surface area contributed by atoms with E-state index in [2.05, 4.69) is 43.6 Å². The van der Waals surface area contributed by atoms with Crippen LogP contribution in [0.4, 0.5) is 0 Å². The molecule has 1 fully saturated rings. The van der Waals surface area contributed by atoms with E-state index < -0.39 is 0 Å². The topological polar surface area (TPSA) is 84.1 Å². The summed E-state index contributed by atoms with van der Waals surface area (Å²) in [5.74, 6) is -0.298. The number of aromatic amines is 1. The summed E-state index contributed by atoms with van der Waals surface area (Å²) < 4.78 is 6.57. The lowest BCUT2D eigenvalue weighted by atomic mass is 9.74. The second-order valence-electron chi connectivity index (χ2n) is 7.03. The molecule has 6 nitrogen and oxygen atoms in total. The first-order chi connectivity index (χ1) is 13.6. The molecule has 0 atom stereocenters. The van der Waals surface area contributed by atoms with Gasteiger partial charge in [-0.1, -0.05) is 46.3 Å². The molecule has 144 valence electrons. The minimum absolute atomic E-state index is 0.199. The molecule has 7 heteroatoms. The van der Waals surface area contributed by atoms with Gasteiger partial charge >= 0.3 is 0 Å². The van der Waals surface area contributed by atoms with Gasteiger partial charge in [-0.05, 0) is 36.6 Å². The van der Waals surface area contributed by atoms with Gasteiger partial charge < -0.3 is 10.1 Å². The zero-order chi connectivity index (χ0) is 19.6. The lowest BCUT2D eigenvalue weighted by Crippen LogP contribution is -2.45. The highest BCUT2D eigenvalue weighted by atomic mass is 79.9. The van der Waals surface area contributed by atoms with Gasteiger partial charge in [0.15, 0.2) is 5.69 Å². The molecule has 2 N–H and O–H groups in total. The van der Waals surface area contributed by atoms with E-state index in [1.54, 1.807) is 24.3 Å². The van der Waals surface area contributed by atoms with Crippen LogP contribution in [0, 0.1) is 0 Å².